The molecule has 1 fully saturated rings. The zero-order valence-corrected chi connectivity index (χ0v) is 16.1. The van der Waals surface area contributed by atoms with Crippen LogP contribution in [0.3, 0.4) is 0 Å². The summed E-state index contributed by atoms with van der Waals surface area (Å²) in [5, 5.41) is 3.47. The number of benzene rings is 1. The molecule has 0 radical (unpaired) electrons. The first-order chi connectivity index (χ1) is 13.2. The standard InChI is InChI=1S/C20H17BrN4O2/c21-14-2-3-15(23-10-14)19-22-8-5-18(25-19)24-11-20(6-7-20)13-1-4-16-17(9-13)27-12-26-16/h1-5,8-10H,6-7,11-12H2,(H,22,24,25). The molecule has 1 saturated carbocycles. The predicted octanol–water partition coefficient (Wildman–Crippen LogP) is 4.17. The van der Waals surface area contributed by atoms with E-state index in [0.29, 0.717) is 12.6 Å². The summed E-state index contributed by atoms with van der Waals surface area (Å²) >= 11 is 3.39. The van der Waals surface area contributed by atoms with Crippen LogP contribution in [0, 0.1) is 0 Å². The first-order valence-electron chi connectivity index (χ1n) is 8.81. The lowest BCUT2D eigenvalue weighted by atomic mass is 9.95. The molecular formula is C20H17BrN4O2. The number of rotatable bonds is 5. The molecule has 136 valence electrons. The normalized spacial score (nSPS) is 16.2. The molecule has 0 amide bonds. The maximum absolute atomic E-state index is 5.52. The van der Waals surface area contributed by atoms with E-state index in [1.807, 2.05) is 24.3 Å². The minimum Gasteiger partial charge on any atom is -0.454 e. The Morgan fingerprint density at radius 2 is 1.93 bits per heavy atom. The van der Waals surface area contributed by atoms with Crippen molar-refractivity contribution in [3.8, 4) is 23.0 Å². The Hall–Kier alpha value is -2.67. The number of ether oxygens (including phenoxy) is 2. The first-order valence-corrected chi connectivity index (χ1v) is 9.60. The van der Waals surface area contributed by atoms with Gasteiger partial charge in [-0.25, -0.2) is 9.97 Å². The minimum atomic E-state index is 0.127. The lowest BCUT2D eigenvalue weighted by Crippen LogP contribution is -2.20. The maximum atomic E-state index is 5.52. The number of nitrogens with zero attached hydrogens (tertiary/aromatic N) is 3. The summed E-state index contributed by atoms with van der Waals surface area (Å²) in [6.07, 6.45) is 5.80. The summed E-state index contributed by atoms with van der Waals surface area (Å²) in [6.45, 7) is 1.12. The van der Waals surface area contributed by atoms with Crippen LogP contribution < -0.4 is 14.8 Å². The molecule has 27 heavy (non-hydrogen) atoms. The van der Waals surface area contributed by atoms with Crippen molar-refractivity contribution >= 4 is 21.7 Å². The van der Waals surface area contributed by atoms with Crippen LogP contribution in [0.5, 0.6) is 11.5 Å². The van der Waals surface area contributed by atoms with Gasteiger partial charge in [-0.2, -0.15) is 0 Å². The number of hydrogen-bond acceptors (Lipinski definition) is 6. The van der Waals surface area contributed by atoms with Gasteiger partial charge in [0.15, 0.2) is 17.3 Å². The van der Waals surface area contributed by atoms with Gasteiger partial charge in [0, 0.05) is 28.8 Å². The molecule has 0 unspecified atom stereocenters. The monoisotopic (exact) mass is 424 g/mol. The van der Waals surface area contributed by atoms with Crippen molar-refractivity contribution in [3.05, 3.63) is 58.8 Å². The molecule has 2 aromatic heterocycles. The van der Waals surface area contributed by atoms with Gasteiger partial charge in [-0.15, -0.1) is 0 Å². The number of hydrogen-bond donors (Lipinski definition) is 1. The number of halogens is 1. The van der Waals surface area contributed by atoms with Crippen LogP contribution in [0.1, 0.15) is 18.4 Å². The van der Waals surface area contributed by atoms with E-state index in [9.17, 15) is 0 Å². The highest BCUT2D eigenvalue weighted by atomic mass is 79.9. The number of anilines is 1. The highest BCUT2D eigenvalue weighted by molar-refractivity contribution is 9.10. The van der Waals surface area contributed by atoms with Gasteiger partial charge in [0.25, 0.3) is 0 Å². The molecule has 0 saturated heterocycles. The Labute approximate surface area is 165 Å². The molecule has 0 spiro atoms. The van der Waals surface area contributed by atoms with Crippen LogP contribution in [0.25, 0.3) is 11.5 Å². The van der Waals surface area contributed by atoms with Gasteiger partial charge in [0.05, 0.1) is 0 Å². The van der Waals surface area contributed by atoms with E-state index in [1.165, 1.54) is 5.56 Å². The zero-order chi connectivity index (χ0) is 18.3. The van der Waals surface area contributed by atoms with Crippen molar-refractivity contribution in [2.45, 2.75) is 18.3 Å². The molecule has 1 aliphatic carbocycles. The molecule has 1 aromatic carbocycles. The predicted molar refractivity (Wildman–Crippen MR) is 105 cm³/mol. The van der Waals surface area contributed by atoms with Crippen molar-refractivity contribution in [1.29, 1.82) is 0 Å². The first kappa shape index (κ1) is 16.5. The third-order valence-electron chi connectivity index (χ3n) is 5.06. The summed E-state index contributed by atoms with van der Waals surface area (Å²) < 4.78 is 11.9. The van der Waals surface area contributed by atoms with Crippen LogP contribution in [-0.4, -0.2) is 28.3 Å². The molecule has 0 bridgehead atoms. The topological polar surface area (TPSA) is 69.2 Å². The average molecular weight is 425 g/mol. The third-order valence-corrected chi connectivity index (χ3v) is 5.53. The van der Waals surface area contributed by atoms with E-state index < -0.39 is 0 Å². The van der Waals surface area contributed by atoms with Crippen molar-refractivity contribution in [2.75, 3.05) is 18.7 Å². The Morgan fingerprint density at radius 3 is 2.74 bits per heavy atom. The van der Waals surface area contributed by atoms with Crippen LogP contribution in [0.4, 0.5) is 5.82 Å². The molecule has 3 heterocycles. The van der Waals surface area contributed by atoms with Gasteiger partial charge in [-0.1, -0.05) is 6.07 Å². The summed E-state index contributed by atoms with van der Waals surface area (Å²) in [5.74, 6) is 3.08. The van der Waals surface area contributed by atoms with E-state index in [4.69, 9.17) is 9.47 Å². The van der Waals surface area contributed by atoms with Gasteiger partial charge < -0.3 is 14.8 Å². The van der Waals surface area contributed by atoms with E-state index in [1.54, 1.807) is 12.4 Å². The Morgan fingerprint density at radius 1 is 1.04 bits per heavy atom. The highest BCUT2D eigenvalue weighted by Crippen LogP contribution is 2.50. The maximum Gasteiger partial charge on any atom is 0.231 e. The van der Waals surface area contributed by atoms with Crippen LogP contribution in [-0.2, 0) is 5.41 Å². The van der Waals surface area contributed by atoms with Gasteiger partial charge in [0.2, 0.25) is 6.79 Å². The molecule has 5 rings (SSSR count). The SMILES string of the molecule is Brc1ccc(-c2nccc(NCC3(c4ccc5c(c4)OCO5)CC3)n2)nc1. The Balaban J connectivity index is 1.33. The number of fused-ring (bicyclic) bond motifs is 1. The number of pyridine rings is 1. The smallest absolute Gasteiger partial charge is 0.231 e. The van der Waals surface area contributed by atoms with Crippen LogP contribution >= 0.6 is 15.9 Å². The van der Waals surface area contributed by atoms with E-state index in [2.05, 4.69) is 48.3 Å². The minimum absolute atomic E-state index is 0.127. The molecule has 1 aliphatic heterocycles. The zero-order valence-electron chi connectivity index (χ0n) is 14.5. The lowest BCUT2D eigenvalue weighted by Gasteiger charge is -2.17. The molecule has 1 N–H and O–H groups in total. The molecule has 2 aliphatic rings. The van der Waals surface area contributed by atoms with Crippen molar-refractivity contribution in [3.63, 3.8) is 0 Å². The van der Waals surface area contributed by atoms with Gasteiger partial charge in [-0.3, -0.25) is 4.98 Å². The summed E-state index contributed by atoms with van der Waals surface area (Å²) in [6, 6.07) is 12.0. The fraction of sp³-hybridized carbons (Fsp3) is 0.250. The fourth-order valence-electron chi connectivity index (χ4n) is 3.29. The van der Waals surface area contributed by atoms with E-state index in [0.717, 1.165) is 46.9 Å². The van der Waals surface area contributed by atoms with E-state index in [-0.39, 0.29) is 5.41 Å². The second-order valence-electron chi connectivity index (χ2n) is 6.83. The molecular weight excluding hydrogens is 408 g/mol. The molecule has 7 heteroatoms. The number of nitrogens with one attached hydrogen (secondary N) is 1. The second-order valence-corrected chi connectivity index (χ2v) is 7.74. The third kappa shape index (κ3) is 3.23. The largest absolute Gasteiger partial charge is 0.454 e. The lowest BCUT2D eigenvalue weighted by molar-refractivity contribution is 0.174. The summed E-state index contributed by atoms with van der Waals surface area (Å²) in [5.41, 5.74) is 2.16. The molecule has 0 atom stereocenters. The molecule has 3 aromatic rings. The van der Waals surface area contributed by atoms with Crippen molar-refractivity contribution < 1.29 is 9.47 Å². The Bertz CT molecular complexity index is 990. The van der Waals surface area contributed by atoms with Gasteiger partial charge in [-0.05, 0) is 64.7 Å². The Kier molecular flexibility index (Phi) is 3.97. The van der Waals surface area contributed by atoms with Crippen molar-refractivity contribution in [1.82, 2.24) is 15.0 Å². The summed E-state index contributed by atoms with van der Waals surface area (Å²) in [7, 11) is 0. The second kappa shape index (κ2) is 6.49. The van der Waals surface area contributed by atoms with Gasteiger partial charge in [0.1, 0.15) is 11.5 Å². The van der Waals surface area contributed by atoms with E-state index >= 15 is 0 Å². The quantitative estimate of drug-likeness (QED) is 0.662. The molecule has 6 nitrogen and oxygen atoms in total. The number of aromatic nitrogens is 3. The van der Waals surface area contributed by atoms with Crippen LogP contribution in [0.15, 0.2) is 53.3 Å². The fourth-order valence-corrected chi connectivity index (χ4v) is 3.53. The highest BCUT2D eigenvalue weighted by Gasteiger charge is 2.44. The average Bonchev–Trinajstić information content (AvgIpc) is 3.35. The van der Waals surface area contributed by atoms with Gasteiger partial charge >= 0.3 is 0 Å². The van der Waals surface area contributed by atoms with Crippen molar-refractivity contribution in [2.24, 2.45) is 0 Å². The van der Waals surface area contributed by atoms with Crippen LogP contribution in [0.2, 0.25) is 0 Å². The summed E-state index contributed by atoms with van der Waals surface area (Å²) in [4.78, 5) is 13.3.